The van der Waals surface area contributed by atoms with E-state index in [1.54, 1.807) is 6.08 Å². The van der Waals surface area contributed by atoms with Gasteiger partial charge in [-0.3, -0.25) is 0 Å². The molecule has 2 nitrogen and oxygen atoms in total. The summed E-state index contributed by atoms with van der Waals surface area (Å²) >= 11 is 0. The Balaban J connectivity index is 2.52. The Morgan fingerprint density at radius 1 is 1.33 bits per heavy atom. The lowest BCUT2D eigenvalue weighted by atomic mass is 9.96. The van der Waals surface area contributed by atoms with Crippen molar-refractivity contribution in [2.75, 3.05) is 0 Å². The molecule has 0 heterocycles. The molecule has 57 valence electrons. The van der Waals surface area contributed by atoms with Crippen molar-refractivity contribution < 1.29 is 4.79 Å². The van der Waals surface area contributed by atoms with Crippen LogP contribution in [0.25, 0.3) is 5.53 Å². The molecular weight excluding hydrogens is 148 g/mol. The van der Waals surface area contributed by atoms with Crippen molar-refractivity contribution in [3.05, 3.63) is 53.1 Å². The molecule has 0 spiro atoms. The summed E-state index contributed by atoms with van der Waals surface area (Å²) in [6, 6.07) is 7.96. The van der Waals surface area contributed by atoms with E-state index in [2.05, 4.69) is 10.9 Å². The molecule has 12 heavy (non-hydrogen) atoms. The minimum Gasteiger partial charge on any atom is -0.361 e. The van der Waals surface area contributed by atoms with Crippen molar-refractivity contribution in [3.8, 4) is 0 Å². The Hall–Kier alpha value is -1.66. The van der Waals surface area contributed by atoms with Crippen LogP contribution in [-0.2, 0) is 6.42 Å². The van der Waals surface area contributed by atoms with E-state index in [1.807, 2.05) is 24.3 Å². The average Bonchev–Trinajstić information content (AvgIpc) is 2.17. The van der Waals surface area contributed by atoms with Crippen LogP contribution in [0.4, 0.5) is 0 Å². The van der Waals surface area contributed by atoms with E-state index in [9.17, 15) is 0 Å². The molecule has 1 aliphatic rings. The summed E-state index contributed by atoms with van der Waals surface area (Å²) in [5.74, 6) is 0. The zero-order chi connectivity index (χ0) is 8.39. The summed E-state index contributed by atoms with van der Waals surface area (Å²) in [7, 11) is 0. The molecule has 0 saturated heterocycles. The standard InChI is InChI=1S/C10H7N2/c11-12-10-6-5-8-3-1-2-4-9(8)7-10/h1-4,6H,7H2. The highest BCUT2D eigenvalue weighted by Crippen LogP contribution is 2.14. The number of fused-ring (bicyclic) bond motifs is 1. The van der Waals surface area contributed by atoms with Crippen molar-refractivity contribution in [3.63, 3.8) is 0 Å². The van der Waals surface area contributed by atoms with E-state index in [1.165, 1.54) is 0 Å². The minimum absolute atomic E-state index is 0.661. The number of benzene rings is 1. The van der Waals surface area contributed by atoms with Crippen LogP contribution in [0, 0.1) is 6.08 Å². The van der Waals surface area contributed by atoms with Crippen LogP contribution in [0.1, 0.15) is 11.1 Å². The summed E-state index contributed by atoms with van der Waals surface area (Å²) < 4.78 is 0. The Bertz CT molecular complexity index is 385. The Morgan fingerprint density at radius 2 is 2.17 bits per heavy atom. The molecule has 0 amide bonds. The molecular formula is C10H7N2. The first-order valence-corrected chi connectivity index (χ1v) is 3.79. The molecule has 0 aliphatic heterocycles. The number of allylic oxidation sites excluding steroid dienone is 1. The molecule has 1 aliphatic carbocycles. The lowest BCUT2D eigenvalue weighted by Gasteiger charge is -2.04. The lowest BCUT2D eigenvalue weighted by molar-refractivity contribution is -0.00567. The van der Waals surface area contributed by atoms with Gasteiger partial charge in [0.2, 0.25) is 0 Å². The van der Waals surface area contributed by atoms with Crippen molar-refractivity contribution in [2.45, 2.75) is 6.42 Å². The van der Waals surface area contributed by atoms with Crippen LogP contribution >= 0.6 is 0 Å². The first-order chi connectivity index (χ1) is 5.90. The van der Waals surface area contributed by atoms with Crippen molar-refractivity contribution in [1.82, 2.24) is 0 Å². The van der Waals surface area contributed by atoms with Gasteiger partial charge in [0.1, 0.15) is 0 Å². The molecule has 1 aromatic carbocycles. The van der Waals surface area contributed by atoms with Gasteiger partial charge in [0.25, 0.3) is 5.71 Å². The third kappa shape index (κ3) is 1.09. The van der Waals surface area contributed by atoms with Crippen molar-refractivity contribution in [2.24, 2.45) is 0 Å². The second kappa shape index (κ2) is 2.76. The van der Waals surface area contributed by atoms with Crippen molar-refractivity contribution in [1.29, 1.82) is 0 Å². The molecule has 0 unspecified atom stereocenters. The van der Waals surface area contributed by atoms with Crippen LogP contribution in [0.5, 0.6) is 0 Å². The predicted molar refractivity (Wildman–Crippen MR) is 45.7 cm³/mol. The molecule has 0 atom stereocenters. The SMILES string of the molecule is [N-]=[N+]=C1C=[C]c2ccccc2C1. The normalized spacial score (nSPS) is 13.8. The fourth-order valence-electron chi connectivity index (χ4n) is 1.29. The predicted octanol–water partition coefficient (Wildman–Crippen LogP) is 1.62. The highest BCUT2D eigenvalue weighted by molar-refractivity contribution is 5.93. The summed E-state index contributed by atoms with van der Waals surface area (Å²) in [6.07, 6.45) is 5.45. The topological polar surface area (TPSA) is 36.4 Å². The maximum Gasteiger partial charge on any atom is 0.297 e. The minimum atomic E-state index is 0.661. The molecule has 0 bridgehead atoms. The largest absolute Gasteiger partial charge is 0.361 e. The smallest absolute Gasteiger partial charge is 0.297 e. The molecule has 0 aromatic heterocycles. The van der Waals surface area contributed by atoms with E-state index in [-0.39, 0.29) is 0 Å². The quantitative estimate of drug-likeness (QED) is 0.403. The summed E-state index contributed by atoms with van der Waals surface area (Å²) in [5.41, 5.74) is 11.4. The van der Waals surface area contributed by atoms with E-state index < -0.39 is 0 Å². The van der Waals surface area contributed by atoms with E-state index in [0.717, 1.165) is 11.1 Å². The van der Waals surface area contributed by atoms with Gasteiger partial charge in [-0.05, 0) is 17.2 Å². The average molecular weight is 155 g/mol. The maximum absolute atomic E-state index is 8.53. The third-order valence-corrected chi connectivity index (χ3v) is 1.91. The van der Waals surface area contributed by atoms with Crippen molar-refractivity contribution >= 4 is 5.71 Å². The van der Waals surface area contributed by atoms with Gasteiger partial charge in [-0.25, -0.2) is 0 Å². The van der Waals surface area contributed by atoms with Gasteiger partial charge in [-0.15, -0.1) is 0 Å². The van der Waals surface area contributed by atoms with Gasteiger partial charge in [0.05, 0.1) is 6.42 Å². The van der Waals surface area contributed by atoms with Crippen LogP contribution in [0.15, 0.2) is 30.3 Å². The molecule has 0 fully saturated rings. The number of hydrogen-bond donors (Lipinski definition) is 0. The van der Waals surface area contributed by atoms with Crippen LogP contribution in [0.2, 0.25) is 0 Å². The third-order valence-electron chi connectivity index (χ3n) is 1.91. The van der Waals surface area contributed by atoms with Gasteiger partial charge < -0.3 is 5.53 Å². The van der Waals surface area contributed by atoms with E-state index in [4.69, 9.17) is 5.53 Å². The molecule has 1 aromatic rings. The van der Waals surface area contributed by atoms with Crippen LogP contribution < -0.4 is 0 Å². The van der Waals surface area contributed by atoms with Gasteiger partial charge in [-0.2, -0.15) is 4.79 Å². The molecule has 1 radical (unpaired) electrons. The Kier molecular flexibility index (Phi) is 1.61. The van der Waals surface area contributed by atoms with E-state index >= 15 is 0 Å². The Labute approximate surface area is 70.8 Å². The Morgan fingerprint density at radius 3 is 3.00 bits per heavy atom. The number of rotatable bonds is 0. The second-order valence-electron chi connectivity index (χ2n) is 2.71. The van der Waals surface area contributed by atoms with Gasteiger partial charge in [0, 0.05) is 6.08 Å². The van der Waals surface area contributed by atoms with Crippen LogP contribution in [-0.4, -0.2) is 10.5 Å². The fourth-order valence-corrected chi connectivity index (χ4v) is 1.29. The molecule has 0 N–H and O–H groups in total. The monoisotopic (exact) mass is 155 g/mol. The highest BCUT2D eigenvalue weighted by atomic mass is 14.8. The van der Waals surface area contributed by atoms with Gasteiger partial charge in [0.15, 0.2) is 0 Å². The molecule has 2 heteroatoms. The lowest BCUT2D eigenvalue weighted by Crippen LogP contribution is -2.07. The highest BCUT2D eigenvalue weighted by Gasteiger charge is 2.12. The van der Waals surface area contributed by atoms with E-state index in [0.29, 0.717) is 12.1 Å². The first-order valence-electron chi connectivity index (χ1n) is 3.79. The second-order valence-corrected chi connectivity index (χ2v) is 2.71. The molecule has 2 rings (SSSR count). The van der Waals surface area contributed by atoms with Crippen LogP contribution in [0.3, 0.4) is 0 Å². The fraction of sp³-hybridized carbons (Fsp3) is 0.100. The number of nitrogens with zero attached hydrogens (tertiary/aromatic N) is 2. The first kappa shape index (κ1) is 7.01. The zero-order valence-electron chi connectivity index (χ0n) is 6.49. The number of hydrogen-bond acceptors (Lipinski definition) is 0. The maximum atomic E-state index is 8.53. The summed E-state index contributed by atoms with van der Waals surface area (Å²) in [6.45, 7) is 0. The zero-order valence-corrected chi connectivity index (χ0v) is 6.49. The van der Waals surface area contributed by atoms with Gasteiger partial charge >= 0.3 is 0 Å². The summed E-state index contributed by atoms with van der Waals surface area (Å²) in [5, 5.41) is 0. The molecule has 0 saturated carbocycles. The summed E-state index contributed by atoms with van der Waals surface area (Å²) in [4.78, 5) is 3.14. The van der Waals surface area contributed by atoms with Gasteiger partial charge in [-0.1, -0.05) is 24.3 Å².